The predicted molar refractivity (Wildman–Crippen MR) is 106 cm³/mol. The van der Waals surface area contributed by atoms with Crippen LogP contribution in [-0.4, -0.2) is 39.2 Å². The lowest BCUT2D eigenvalue weighted by Crippen LogP contribution is -2.12. The summed E-state index contributed by atoms with van der Waals surface area (Å²) in [5.41, 5.74) is 1.06. The molecule has 0 amide bonds. The molecule has 0 aliphatic rings. The van der Waals surface area contributed by atoms with Gasteiger partial charge in [-0.1, -0.05) is 11.6 Å². The molecule has 0 saturated carbocycles. The Labute approximate surface area is 168 Å². The van der Waals surface area contributed by atoms with Crippen LogP contribution in [0.2, 0.25) is 5.02 Å². The van der Waals surface area contributed by atoms with Crippen molar-refractivity contribution in [1.82, 2.24) is 0 Å². The molecule has 2 rings (SSSR count). The van der Waals surface area contributed by atoms with Gasteiger partial charge in [-0.3, -0.25) is 4.79 Å². The lowest BCUT2D eigenvalue weighted by Gasteiger charge is -2.11. The van der Waals surface area contributed by atoms with Crippen LogP contribution in [0.4, 0.5) is 0 Å². The summed E-state index contributed by atoms with van der Waals surface area (Å²) >= 11 is 6.17. The number of hydrogen-bond acceptors (Lipinski definition) is 6. The molecular weight excluding hydrogens is 384 g/mol. The number of halogens is 1. The number of benzene rings is 2. The molecule has 0 radical (unpaired) electrons. The van der Waals surface area contributed by atoms with Gasteiger partial charge < -0.3 is 18.9 Å². The number of ether oxygens (including phenoxy) is 4. The highest BCUT2D eigenvalue weighted by molar-refractivity contribution is 6.32. The van der Waals surface area contributed by atoms with Crippen LogP contribution in [0.3, 0.4) is 0 Å². The van der Waals surface area contributed by atoms with Crippen LogP contribution in [0.5, 0.6) is 17.2 Å². The first-order valence-corrected chi connectivity index (χ1v) is 8.88. The molecular formula is C21H21ClO6. The first-order chi connectivity index (χ1) is 13.5. The van der Waals surface area contributed by atoms with Gasteiger partial charge in [0.25, 0.3) is 0 Å². The van der Waals surface area contributed by atoms with Crippen LogP contribution >= 0.6 is 11.6 Å². The second kappa shape index (κ2) is 10.4. The summed E-state index contributed by atoms with van der Waals surface area (Å²) in [5.74, 6) is 0.580. The summed E-state index contributed by atoms with van der Waals surface area (Å²) in [6, 6.07) is 9.88. The molecule has 0 atom stereocenters. The quantitative estimate of drug-likeness (QED) is 0.354. The minimum Gasteiger partial charge on any atom is -0.497 e. The summed E-state index contributed by atoms with van der Waals surface area (Å²) in [6.45, 7) is 1.92. The van der Waals surface area contributed by atoms with Crippen molar-refractivity contribution in [3.8, 4) is 17.2 Å². The summed E-state index contributed by atoms with van der Waals surface area (Å²) in [4.78, 5) is 24.0. The first kappa shape index (κ1) is 21.3. The van der Waals surface area contributed by atoms with Crippen LogP contribution in [0.15, 0.2) is 42.5 Å². The Kier molecular flexibility index (Phi) is 7.89. The van der Waals surface area contributed by atoms with Gasteiger partial charge in [0.2, 0.25) is 0 Å². The SMILES string of the molecule is CCOc1cc(/C=C/C(=O)OCC(=O)c2ccc(OC)cc2)cc(Cl)c1OC. The minimum atomic E-state index is -0.647. The van der Waals surface area contributed by atoms with E-state index in [9.17, 15) is 9.59 Å². The Morgan fingerprint density at radius 2 is 1.79 bits per heavy atom. The zero-order valence-corrected chi connectivity index (χ0v) is 16.6. The van der Waals surface area contributed by atoms with Gasteiger partial charge >= 0.3 is 5.97 Å². The normalized spacial score (nSPS) is 10.6. The number of ketones is 1. The molecule has 0 unspecified atom stereocenters. The lowest BCUT2D eigenvalue weighted by atomic mass is 10.1. The molecule has 0 heterocycles. The van der Waals surface area contributed by atoms with Crippen molar-refractivity contribution in [2.24, 2.45) is 0 Å². The summed E-state index contributed by atoms with van der Waals surface area (Å²) in [7, 11) is 3.04. The van der Waals surface area contributed by atoms with Gasteiger partial charge in [-0.15, -0.1) is 0 Å². The van der Waals surface area contributed by atoms with Gasteiger partial charge in [-0.2, -0.15) is 0 Å². The molecule has 7 heteroatoms. The number of methoxy groups -OCH3 is 2. The maximum absolute atomic E-state index is 12.1. The van der Waals surface area contributed by atoms with E-state index in [-0.39, 0.29) is 12.4 Å². The van der Waals surface area contributed by atoms with E-state index >= 15 is 0 Å². The van der Waals surface area contributed by atoms with Gasteiger partial charge in [0.15, 0.2) is 23.9 Å². The highest BCUT2D eigenvalue weighted by Crippen LogP contribution is 2.36. The Balaban J connectivity index is 1.98. The zero-order valence-electron chi connectivity index (χ0n) is 15.9. The molecule has 0 fully saturated rings. The highest BCUT2D eigenvalue weighted by atomic mass is 35.5. The van der Waals surface area contributed by atoms with Gasteiger partial charge in [0.1, 0.15) is 5.75 Å². The molecule has 0 spiro atoms. The van der Waals surface area contributed by atoms with Crippen LogP contribution < -0.4 is 14.2 Å². The van der Waals surface area contributed by atoms with E-state index in [0.717, 1.165) is 0 Å². The van der Waals surface area contributed by atoms with E-state index in [1.807, 2.05) is 6.92 Å². The van der Waals surface area contributed by atoms with Gasteiger partial charge in [-0.25, -0.2) is 4.79 Å². The highest BCUT2D eigenvalue weighted by Gasteiger charge is 2.11. The molecule has 0 aliphatic heterocycles. The van der Waals surface area contributed by atoms with E-state index in [0.29, 0.717) is 40.0 Å². The molecule has 2 aromatic carbocycles. The van der Waals surface area contributed by atoms with Crippen molar-refractivity contribution < 1.29 is 28.5 Å². The topological polar surface area (TPSA) is 71.1 Å². The van der Waals surface area contributed by atoms with Gasteiger partial charge in [0.05, 0.1) is 25.8 Å². The van der Waals surface area contributed by atoms with Crippen molar-refractivity contribution in [3.63, 3.8) is 0 Å². The van der Waals surface area contributed by atoms with E-state index < -0.39 is 5.97 Å². The Morgan fingerprint density at radius 1 is 1.07 bits per heavy atom. The Morgan fingerprint density at radius 3 is 2.39 bits per heavy atom. The third-order valence-corrected chi connectivity index (χ3v) is 3.99. The zero-order chi connectivity index (χ0) is 20.5. The number of hydrogen-bond donors (Lipinski definition) is 0. The fourth-order valence-electron chi connectivity index (χ4n) is 2.35. The summed E-state index contributed by atoms with van der Waals surface area (Å²) in [5, 5.41) is 0.358. The third-order valence-electron chi connectivity index (χ3n) is 3.71. The second-order valence-electron chi connectivity index (χ2n) is 5.56. The summed E-state index contributed by atoms with van der Waals surface area (Å²) in [6.07, 6.45) is 2.74. The standard InChI is InChI=1S/C21H21ClO6/c1-4-27-19-12-14(11-17(22)21(19)26-3)5-10-20(24)28-13-18(23)15-6-8-16(25-2)9-7-15/h5-12H,4,13H2,1-3H3/b10-5+. The minimum absolute atomic E-state index is 0.310. The maximum Gasteiger partial charge on any atom is 0.331 e. The number of carbonyl (C=O) groups excluding carboxylic acids is 2. The van der Waals surface area contributed by atoms with Crippen LogP contribution in [0, 0.1) is 0 Å². The molecule has 148 valence electrons. The van der Waals surface area contributed by atoms with Crippen molar-refractivity contribution >= 4 is 29.4 Å². The van der Waals surface area contributed by atoms with Gasteiger partial charge in [0, 0.05) is 11.6 Å². The molecule has 2 aromatic rings. The molecule has 6 nitrogen and oxygen atoms in total. The van der Waals surface area contributed by atoms with E-state index in [1.54, 1.807) is 36.4 Å². The average Bonchev–Trinajstić information content (AvgIpc) is 2.70. The predicted octanol–water partition coefficient (Wildman–Crippen LogP) is 4.20. The molecule has 0 bridgehead atoms. The van der Waals surface area contributed by atoms with Gasteiger partial charge in [-0.05, 0) is 55.0 Å². The van der Waals surface area contributed by atoms with E-state index in [4.69, 9.17) is 30.5 Å². The van der Waals surface area contributed by atoms with Crippen molar-refractivity contribution in [3.05, 3.63) is 58.6 Å². The van der Waals surface area contributed by atoms with Crippen LogP contribution in [-0.2, 0) is 9.53 Å². The molecule has 0 aliphatic carbocycles. The Bertz CT molecular complexity index is 858. The Hall–Kier alpha value is -2.99. The van der Waals surface area contributed by atoms with E-state index in [2.05, 4.69) is 0 Å². The smallest absolute Gasteiger partial charge is 0.331 e. The van der Waals surface area contributed by atoms with Crippen LogP contribution in [0.25, 0.3) is 6.08 Å². The molecule has 0 aromatic heterocycles. The van der Waals surface area contributed by atoms with E-state index in [1.165, 1.54) is 26.4 Å². The number of rotatable bonds is 9. The molecule has 0 N–H and O–H groups in total. The fourth-order valence-corrected chi connectivity index (χ4v) is 2.65. The molecule has 0 saturated heterocycles. The maximum atomic E-state index is 12.1. The number of esters is 1. The molecule has 28 heavy (non-hydrogen) atoms. The second-order valence-corrected chi connectivity index (χ2v) is 5.97. The van der Waals surface area contributed by atoms with Crippen molar-refractivity contribution in [2.45, 2.75) is 6.92 Å². The fraction of sp³-hybridized carbons (Fsp3) is 0.238. The summed E-state index contributed by atoms with van der Waals surface area (Å²) < 4.78 is 20.7. The number of Topliss-reactive ketones (excluding diaryl/α,β-unsaturated/α-hetero) is 1. The van der Waals surface area contributed by atoms with Crippen molar-refractivity contribution in [2.75, 3.05) is 27.4 Å². The first-order valence-electron chi connectivity index (χ1n) is 8.50. The average molecular weight is 405 g/mol. The van der Waals surface area contributed by atoms with Crippen LogP contribution in [0.1, 0.15) is 22.8 Å². The third kappa shape index (κ3) is 5.76. The number of carbonyl (C=O) groups is 2. The lowest BCUT2D eigenvalue weighted by molar-refractivity contribution is -0.136. The monoisotopic (exact) mass is 404 g/mol. The van der Waals surface area contributed by atoms with Crippen molar-refractivity contribution in [1.29, 1.82) is 0 Å². The largest absolute Gasteiger partial charge is 0.497 e.